The Labute approximate surface area is 127 Å². The van der Waals surface area contributed by atoms with Crippen LogP contribution in [0.25, 0.3) is 5.76 Å². The van der Waals surface area contributed by atoms with Gasteiger partial charge in [-0.2, -0.15) is 0 Å². The van der Waals surface area contributed by atoms with E-state index in [1.54, 1.807) is 24.3 Å². The van der Waals surface area contributed by atoms with Crippen molar-refractivity contribution in [1.29, 1.82) is 0 Å². The standard InChI is InChI=1S/C12H12O5.Na/c1-16-9-5-3-8(4-6-9)10(13)7-11(14)12(15)17-2;/h3-7,13H,1-2H3;/q;+1/b10-7+;. The van der Waals surface area contributed by atoms with Gasteiger partial charge in [0.2, 0.25) is 0 Å². The van der Waals surface area contributed by atoms with Gasteiger partial charge in [0.25, 0.3) is 5.78 Å². The van der Waals surface area contributed by atoms with Crippen LogP contribution in [0.3, 0.4) is 0 Å². The van der Waals surface area contributed by atoms with Crippen molar-refractivity contribution < 1.29 is 53.7 Å². The van der Waals surface area contributed by atoms with Gasteiger partial charge < -0.3 is 14.6 Å². The third-order valence-corrected chi connectivity index (χ3v) is 2.04. The molecule has 1 aromatic rings. The number of aliphatic hydroxyl groups is 1. The first kappa shape index (κ1) is 16.7. The van der Waals surface area contributed by atoms with Crippen molar-refractivity contribution >= 4 is 17.5 Å². The summed E-state index contributed by atoms with van der Waals surface area (Å²) >= 11 is 0. The van der Waals surface area contributed by atoms with Crippen molar-refractivity contribution in [3.63, 3.8) is 0 Å². The zero-order valence-corrected chi connectivity index (χ0v) is 12.5. The first-order chi connectivity index (χ1) is 8.08. The molecule has 0 saturated heterocycles. The minimum atomic E-state index is -1.02. The van der Waals surface area contributed by atoms with Crippen LogP contribution in [-0.2, 0) is 14.3 Å². The van der Waals surface area contributed by atoms with Gasteiger partial charge in [-0.25, -0.2) is 4.79 Å². The topological polar surface area (TPSA) is 72.8 Å². The summed E-state index contributed by atoms with van der Waals surface area (Å²) in [5, 5.41) is 9.59. The van der Waals surface area contributed by atoms with Gasteiger partial charge in [-0.05, 0) is 24.3 Å². The van der Waals surface area contributed by atoms with E-state index in [0.29, 0.717) is 11.3 Å². The monoisotopic (exact) mass is 259 g/mol. The smallest absolute Gasteiger partial charge is 0.507 e. The van der Waals surface area contributed by atoms with Gasteiger partial charge in [-0.3, -0.25) is 4.79 Å². The largest absolute Gasteiger partial charge is 1.00 e. The Morgan fingerprint density at radius 1 is 1.17 bits per heavy atom. The molecule has 1 rings (SSSR count). The van der Waals surface area contributed by atoms with Gasteiger partial charge >= 0.3 is 35.5 Å². The van der Waals surface area contributed by atoms with Gasteiger partial charge in [0.15, 0.2) is 0 Å². The molecule has 0 aliphatic heterocycles. The molecule has 0 atom stereocenters. The molecule has 0 aliphatic carbocycles. The predicted molar refractivity (Wildman–Crippen MR) is 60.6 cm³/mol. The summed E-state index contributed by atoms with van der Waals surface area (Å²) in [4.78, 5) is 22.0. The molecule has 90 valence electrons. The van der Waals surface area contributed by atoms with E-state index < -0.39 is 11.8 Å². The minimum absolute atomic E-state index is 0. The summed E-state index contributed by atoms with van der Waals surface area (Å²) in [6.45, 7) is 0. The molecule has 0 saturated carbocycles. The van der Waals surface area contributed by atoms with Gasteiger partial charge in [-0.15, -0.1) is 0 Å². The van der Waals surface area contributed by atoms with Crippen molar-refractivity contribution in [3.05, 3.63) is 35.9 Å². The van der Waals surface area contributed by atoms with Gasteiger partial charge in [0.1, 0.15) is 11.5 Å². The minimum Gasteiger partial charge on any atom is -0.507 e. The number of methoxy groups -OCH3 is 2. The van der Waals surface area contributed by atoms with Crippen LogP contribution in [0.1, 0.15) is 5.56 Å². The molecule has 0 spiro atoms. The van der Waals surface area contributed by atoms with E-state index in [9.17, 15) is 14.7 Å². The van der Waals surface area contributed by atoms with Crippen LogP contribution in [-0.4, -0.2) is 31.1 Å². The van der Waals surface area contributed by atoms with Crippen molar-refractivity contribution in [2.24, 2.45) is 0 Å². The molecule has 0 unspecified atom stereocenters. The quantitative estimate of drug-likeness (QED) is 0.230. The molecule has 18 heavy (non-hydrogen) atoms. The Morgan fingerprint density at radius 2 is 1.72 bits per heavy atom. The van der Waals surface area contributed by atoms with Crippen molar-refractivity contribution in [3.8, 4) is 5.75 Å². The molecule has 6 heteroatoms. The van der Waals surface area contributed by atoms with E-state index in [4.69, 9.17) is 4.74 Å². The maximum Gasteiger partial charge on any atom is 1.00 e. The summed E-state index contributed by atoms with van der Waals surface area (Å²) in [7, 11) is 2.62. The zero-order valence-electron chi connectivity index (χ0n) is 10.5. The maximum atomic E-state index is 11.1. The molecule has 0 amide bonds. The average molecular weight is 259 g/mol. The molecule has 0 fully saturated rings. The van der Waals surface area contributed by atoms with E-state index >= 15 is 0 Å². The number of ketones is 1. The number of hydrogen-bond acceptors (Lipinski definition) is 5. The molecule has 0 aliphatic rings. The summed E-state index contributed by atoms with van der Waals surface area (Å²) in [5.74, 6) is -1.62. The summed E-state index contributed by atoms with van der Waals surface area (Å²) in [6.07, 6.45) is 0.813. The first-order valence-corrected chi connectivity index (χ1v) is 4.76. The van der Waals surface area contributed by atoms with Gasteiger partial charge in [-0.1, -0.05) is 0 Å². The summed E-state index contributed by atoms with van der Waals surface area (Å²) in [5.41, 5.74) is 0.406. The van der Waals surface area contributed by atoms with E-state index in [2.05, 4.69) is 4.74 Å². The van der Waals surface area contributed by atoms with Crippen LogP contribution >= 0.6 is 0 Å². The van der Waals surface area contributed by atoms with Crippen LogP contribution in [0, 0.1) is 0 Å². The van der Waals surface area contributed by atoms with Crippen molar-refractivity contribution in [2.75, 3.05) is 14.2 Å². The molecule has 0 aromatic heterocycles. The Bertz CT molecular complexity index is 450. The van der Waals surface area contributed by atoms with E-state index in [1.807, 2.05) is 0 Å². The number of rotatable bonds is 4. The molecule has 0 radical (unpaired) electrons. The first-order valence-electron chi connectivity index (χ1n) is 4.76. The number of carbonyl (C=O) groups is 2. The fourth-order valence-electron chi connectivity index (χ4n) is 1.13. The van der Waals surface area contributed by atoms with E-state index in [0.717, 1.165) is 13.2 Å². The Balaban J connectivity index is 0.00000289. The second-order valence-corrected chi connectivity index (χ2v) is 3.11. The Kier molecular flexibility index (Phi) is 7.35. The zero-order chi connectivity index (χ0) is 12.8. The van der Waals surface area contributed by atoms with Crippen LogP contribution in [0.5, 0.6) is 5.75 Å². The Morgan fingerprint density at radius 3 is 2.17 bits per heavy atom. The normalized spacial score (nSPS) is 10.2. The molecule has 0 bridgehead atoms. The number of esters is 1. The molecule has 1 aromatic carbocycles. The van der Waals surface area contributed by atoms with Gasteiger partial charge in [0.05, 0.1) is 14.2 Å². The molecule has 1 N–H and O–H groups in total. The fourth-order valence-corrected chi connectivity index (χ4v) is 1.13. The third-order valence-electron chi connectivity index (χ3n) is 2.04. The second kappa shape index (κ2) is 7.92. The SMILES string of the molecule is COC(=O)C(=O)/C=C(/O)c1ccc(OC)cc1.[Na+]. The molecule has 0 heterocycles. The molecular weight excluding hydrogens is 247 g/mol. The van der Waals surface area contributed by atoms with E-state index in [1.165, 1.54) is 7.11 Å². The van der Waals surface area contributed by atoms with Crippen LogP contribution < -0.4 is 34.3 Å². The third kappa shape index (κ3) is 4.52. The van der Waals surface area contributed by atoms with Crippen molar-refractivity contribution in [2.45, 2.75) is 0 Å². The summed E-state index contributed by atoms with van der Waals surface area (Å²) in [6, 6.07) is 6.38. The maximum absolute atomic E-state index is 11.1. The van der Waals surface area contributed by atoms with Crippen LogP contribution in [0.2, 0.25) is 0 Å². The molecule has 5 nitrogen and oxygen atoms in total. The molecular formula is C12H12NaO5+. The Hall–Kier alpha value is -1.30. The number of ether oxygens (including phenoxy) is 2. The van der Waals surface area contributed by atoms with Gasteiger partial charge in [0, 0.05) is 11.6 Å². The van der Waals surface area contributed by atoms with Crippen LogP contribution in [0.15, 0.2) is 30.3 Å². The van der Waals surface area contributed by atoms with Crippen molar-refractivity contribution in [1.82, 2.24) is 0 Å². The second-order valence-electron chi connectivity index (χ2n) is 3.11. The predicted octanol–water partition coefficient (Wildman–Crippen LogP) is -1.66. The average Bonchev–Trinajstić information content (AvgIpc) is 2.37. The number of carbonyl (C=O) groups excluding carboxylic acids is 2. The summed E-state index contributed by atoms with van der Waals surface area (Å²) < 4.78 is 9.16. The number of hydrogen-bond donors (Lipinski definition) is 1. The fraction of sp³-hybridized carbons (Fsp3) is 0.167. The van der Waals surface area contributed by atoms with E-state index in [-0.39, 0.29) is 35.3 Å². The van der Waals surface area contributed by atoms with Crippen LogP contribution in [0.4, 0.5) is 0 Å². The number of aliphatic hydroxyl groups excluding tert-OH is 1. The number of benzene rings is 1.